The van der Waals surface area contributed by atoms with E-state index in [0.29, 0.717) is 18.6 Å². The number of rotatable bonds is 7. The van der Waals surface area contributed by atoms with E-state index in [-0.39, 0.29) is 24.1 Å². The number of ether oxygens (including phenoxy) is 2. The Morgan fingerprint density at radius 2 is 1.85 bits per heavy atom. The Morgan fingerprint density at radius 3 is 2.61 bits per heavy atom. The summed E-state index contributed by atoms with van der Waals surface area (Å²) in [4.78, 5) is 17.8. The molecule has 3 aromatic carbocycles. The van der Waals surface area contributed by atoms with Crippen LogP contribution >= 0.6 is 0 Å². The van der Waals surface area contributed by atoms with E-state index in [9.17, 15) is 9.90 Å². The fourth-order valence-corrected chi connectivity index (χ4v) is 8.35. The Labute approximate surface area is 242 Å². The molecule has 2 unspecified atom stereocenters. The van der Waals surface area contributed by atoms with Crippen LogP contribution in [0.25, 0.3) is 6.08 Å². The van der Waals surface area contributed by atoms with Gasteiger partial charge in [-0.1, -0.05) is 66.7 Å². The molecule has 6 nitrogen and oxygen atoms in total. The number of nitrogens with zero attached hydrogens (tertiary/aromatic N) is 2. The molecular weight excluding hydrogens is 512 g/mol. The van der Waals surface area contributed by atoms with Gasteiger partial charge in [-0.25, -0.2) is 0 Å². The largest absolute Gasteiger partial charge is 0.493 e. The highest BCUT2D eigenvalue weighted by Crippen LogP contribution is 2.65. The molecule has 6 heteroatoms. The van der Waals surface area contributed by atoms with Crippen molar-refractivity contribution in [3.05, 3.63) is 101 Å². The van der Waals surface area contributed by atoms with E-state index >= 15 is 0 Å². The van der Waals surface area contributed by atoms with Crippen molar-refractivity contribution in [1.82, 2.24) is 9.80 Å². The number of carbonyl (C=O) groups is 1. The Kier molecular flexibility index (Phi) is 6.44. The maximum atomic E-state index is 13.5. The number of aliphatic hydroxyl groups is 1. The molecule has 3 aromatic rings. The molecule has 5 atom stereocenters. The van der Waals surface area contributed by atoms with Gasteiger partial charge in [0.25, 0.3) is 0 Å². The first-order valence-electron chi connectivity index (χ1n) is 14.8. The highest BCUT2D eigenvalue weighted by atomic mass is 16.5. The van der Waals surface area contributed by atoms with E-state index in [2.05, 4.69) is 41.3 Å². The van der Waals surface area contributed by atoms with Crippen molar-refractivity contribution in [3.63, 3.8) is 0 Å². The number of methoxy groups -OCH3 is 1. The summed E-state index contributed by atoms with van der Waals surface area (Å²) in [7, 11) is 3.55. The lowest BCUT2D eigenvalue weighted by Gasteiger charge is -2.64. The minimum Gasteiger partial charge on any atom is -0.493 e. The van der Waals surface area contributed by atoms with Crippen molar-refractivity contribution in [2.24, 2.45) is 0 Å². The average molecular weight is 551 g/mol. The number of likely N-dealkylation sites (tertiary alicyclic amines) is 1. The number of hydrogen-bond donors (Lipinski definition) is 1. The van der Waals surface area contributed by atoms with Crippen molar-refractivity contribution in [3.8, 4) is 11.5 Å². The van der Waals surface area contributed by atoms with Crippen LogP contribution in [0.2, 0.25) is 0 Å². The van der Waals surface area contributed by atoms with Crippen molar-refractivity contribution >= 4 is 12.0 Å². The molecule has 7 rings (SSSR count). The number of hydrogen-bond acceptors (Lipinski definition) is 5. The maximum Gasteiger partial charge on any atom is 0.246 e. The third-order valence-corrected chi connectivity index (χ3v) is 10.3. The van der Waals surface area contributed by atoms with Crippen molar-refractivity contribution in [2.75, 3.05) is 27.2 Å². The summed E-state index contributed by atoms with van der Waals surface area (Å²) >= 11 is 0. The first-order chi connectivity index (χ1) is 20.0. The zero-order valence-corrected chi connectivity index (χ0v) is 23.8. The molecule has 0 radical (unpaired) electrons. The van der Waals surface area contributed by atoms with Gasteiger partial charge >= 0.3 is 0 Å². The topological polar surface area (TPSA) is 62.2 Å². The molecule has 1 saturated carbocycles. The van der Waals surface area contributed by atoms with Crippen molar-refractivity contribution in [1.29, 1.82) is 0 Å². The third-order valence-electron chi connectivity index (χ3n) is 10.3. The first-order valence-corrected chi connectivity index (χ1v) is 14.8. The summed E-state index contributed by atoms with van der Waals surface area (Å²) in [5.74, 6) is 1.41. The molecule has 1 N–H and O–H groups in total. The minimum atomic E-state index is -0.947. The standard InChI is InChI=1S/C35H38N2O4/c1-36(30(38)16-13-24-9-5-3-6-10-24)27-17-19-35(39)29-23-26-14-15-28(40-2)32-31(26)34(35,33(27)41-32)20-22-37(29)21-18-25-11-7-4-8-12-25/h3-16,27,29,33,39H,17-23H2,1-2H3/b16-13+/t27?,29-,33?,34+,35-/m1/s1. The Morgan fingerprint density at radius 1 is 1.10 bits per heavy atom. The van der Waals surface area contributed by atoms with Crippen LogP contribution < -0.4 is 9.47 Å². The maximum absolute atomic E-state index is 13.5. The van der Waals surface area contributed by atoms with Gasteiger partial charge in [0.05, 0.1) is 24.2 Å². The van der Waals surface area contributed by atoms with Gasteiger partial charge in [0, 0.05) is 31.3 Å². The highest BCUT2D eigenvalue weighted by molar-refractivity contribution is 5.92. The smallest absolute Gasteiger partial charge is 0.246 e. The SMILES string of the molecule is COc1ccc2c3c1OC1C(N(C)C(=O)/C=C/c4ccccc4)CC[C@@]4(O)[C@@H](C2)N(CCc2ccccc2)CC[C@]314. The number of amides is 1. The van der Waals surface area contributed by atoms with Crippen LogP contribution in [0, 0.1) is 0 Å². The lowest BCUT2D eigenvalue weighted by atomic mass is 9.48. The quantitative estimate of drug-likeness (QED) is 0.435. The molecule has 4 aliphatic rings. The fourth-order valence-electron chi connectivity index (χ4n) is 8.35. The molecule has 0 aromatic heterocycles. The van der Waals surface area contributed by atoms with Crippen LogP contribution in [-0.4, -0.2) is 71.8 Å². The summed E-state index contributed by atoms with van der Waals surface area (Å²) in [6.07, 6.45) is 7.00. The highest BCUT2D eigenvalue weighted by Gasteiger charge is 2.73. The number of piperidine rings is 1. The molecule has 1 spiro atoms. The monoisotopic (exact) mass is 550 g/mol. The molecule has 2 heterocycles. The number of benzene rings is 3. The van der Waals surface area contributed by atoms with Gasteiger partial charge in [0.2, 0.25) is 5.91 Å². The van der Waals surface area contributed by atoms with Crippen LogP contribution in [0.5, 0.6) is 11.5 Å². The second-order valence-corrected chi connectivity index (χ2v) is 12.1. The molecule has 212 valence electrons. The van der Waals surface area contributed by atoms with Crippen LogP contribution in [0.3, 0.4) is 0 Å². The molecule has 1 saturated heterocycles. The van der Waals surface area contributed by atoms with Gasteiger partial charge in [-0.3, -0.25) is 9.69 Å². The van der Waals surface area contributed by atoms with E-state index in [1.54, 1.807) is 13.2 Å². The second kappa shape index (κ2) is 10.0. The predicted molar refractivity (Wildman–Crippen MR) is 159 cm³/mol. The molecule has 2 aliphatic carbocycles. The normalized spacial score (nSPS) is 29.6. The summed E-state index contributed by atoms with van der Waals surface area (Å²) in [6.45, 7) is 1.79. The van der Waals surface area contributed by atoms with E-state index in [1.165, 1.54) is 11.1 Å². The van der Waals surface area contributed by atoms with Crippen LogP contribution in [-0.2, 0) is 23.1 Å². The van der Waals surface area contributed by atoms with Crippen molar-refractivity contribution in [2.45, 2.75) is 61.3 Å². The zero-order valence-electron chi connectivity index (χ0n) is 23.8. The number of carbonyl (C=O) groups excluding carboxylic acids is 1. The summed E-state index contributed by atoms with van der Waals surface area (Å²) in [6, 6.07) is 24.5. The molecular formula is C35H38N2O4. The Bertz CT molecular complexity index is 1470. The fraction of sp³-hybridized carbons (Fsp3) is 0.400. The lowest BCUT2D eigenvalue weighted by molar-refractivity contribution is -0.199. The summed E-state index contributed by atoms with van der Waals surface area (Å²) < 4.78 is 12.6. The Hall–Kier alpha value is -3.61. The molecule has 1 amide bonds. The van der Waals surface area contributed by atoms with Crippen molar-refractivity contribution < 1.29 is 19.4 Å². The molecule has 41 heavy (non-hydrogen) atoms. The first kappa shape index (κ1) is 26.3. The third kappa shape index (κ3) is 3.95. The van der Waals surface area contributed by atoms with E-state index < -0.39 is 11.0 Å². The average Bonchev–Trinajstić information content (AvgIpc) is 3.35. The van der Waals surface area contributed by atoms with Crippen LogP contribution in [0.1, 0.15) is 41.5 Å². The van der Waals surface area contributed by atoms with Crippen LogP contribution in [0.15, 0.2) is 78.9 Å². The van der Waals surface area contributed by atoms with E-state index in [0.717, 1.165) is 49.2 Å². The molecule has 2 bridgehead atoms. The van der Waals surface area contributed by atoms with Crippen LogP contribution in [0.4, 0.5) is 0 Å². The summed E-state index contributed by atoms with van der Waals surface area (Å²) in [5.41, 5.74) is 3.13. The predicted octanol–water partition coefficient (Wildman–Crippen LogP) is 4.63. The molecule has 2 fully saturated rings. The van der Waals surface area contributed by atoms with Gasteiger partial charge in [0.15, 0.2) is 11.5 Å². The Balaban J connectivity index is 1.23. The number of likely N-dealkylation sites (N-methyl/N-ethyl adjacent to an activating group) is 1. The van der Waals surface area contributed by atoms with E-state index in [4.69, 9.17) is 9.47 Å². The summed E-state index contributed by atoms with van der Waals surface area (Å²) in [5, 5.41) is 12.9. The molecule has 2 aliphatic heterocycles. The van der Waals surface area contributed by atoms with E-state index in [1.807, 2.05) is 54.4 Å². The second-order valence-electron chi connectivity index (χ2n) is 12.1. The van der Waals surface area contributed by atoms with Gasteiger partial charge in [-0.05, 0) is 67.5 Å². The van der Waals surface area contributed by atoms with Gasteiger partial charge in [-0.15, -0.1) is 0 Å². The van der Waals surface area contributed by atoms with Gasteiger partial charge < -0.3 is 19.5 Å². The van der Waals surface area contributed by atoms with Gasteiger partial charge in [-0.2, -0.15) is 0 Å². The lowest BCUT2D eigenvalue weighted by Crippen LogP contribution is -2.78. The minimum absolute atomic E-state index is 0.00200. The zero-order chi connectivity index (χ0) is 28.2. The van der Waals surface area contributed by atoms with Gasteiger partial charge in [0.1, 0.15) is 6.10 Å².